The van der Waals surface area contributed by atoms with Crippen LogP contribution in [0.2, 0.25) is 0 Å². The van der Waals surface area contributed by atoms with E-state index in [1.165, 1.54) is 30.2 Å². The average Bonchev–Trinajstić information content (AvgIpc) is 3.62. The van der Waals surface area contributed by atoms with Crippen LogP contribution in [0.15, 0.2) is 55.3 Å². The van der Waals surface area contributed by atoms with Crippen molar-refractivity contribution in [1.29, 1.82) is 0 Å². The first kappa shape index (κ1) is 23.9. The highest BCUT2D eigenvalue weighted by atomic mass is 16.3. The number of anilines is 4. The van der Waals surface area contributed by atoms with E-state index in [-0.39, 0.29) is 11.5 Å². The molecular formula is C27H31N7O2. The molecule has 0 radical (unpaired) electrons. The number of rotatable bonds is 8. The molecule has 0 atom stereocenters. The van der Waals surface area contributed by atoms with E-state index in [0.29, 0.717) is 35.2 Å². The quantitative estimate of drug-likeness (QED) is 0.307. The molecule has 1 saturated carbocycles. The van der Waals surface area contributed by atoms with E-state index in [9.17, 15) is 9.90 Å². The summed E-state index contributed by atoms with van der Waals surface area (Å²) in [6, 6.07) is 11.7. The Morgan fingerprint density at radius 3 is 2.81 bits per heavy atom. The Morgan fingerprint density at radius 1 is 1.22 bits per heavy atom. The molecule has 1 aliphatic heterocycles. The summed E-state index contributed by atoms with van der Waals surface area (Å²) < 4.78 is 0. The molecule has 3 heterocycles. The lowest BCUT2D eigenvalue weighted by Gasteiger charge is -2.26. The van der Waals surface area contributed by atoms with Crippen molar-refractivity contribution in [2.45, 2.75) is 44.2 Å². The molecule has 9 heteroatoms. The summed E-state index contributed by atoms with van der Waals surface area (Å²) in [5.74, 6) is 0.760. The fourth-order valence-electron chi connectivity index (χ4n) is 4.52. The molecule has 3 aromatic rings. The van der Waals surface area contributed by atoms with Gasteiger partial charge in [0, 0.05) is 36.9 Å². The third-order valence-electron chi connectivity index (χ3n) is 6.63. The van der Waals surface area contributed by atoms with Crippen LogP contribution < -0.4 is 21.3 Å². The normalized spacial score (nSPS) is 15.6. The van der Waals surface area contributed by atoms with Crippen molar-refractivity contribution in [2.75, 3.05) is 23.7 Å². The van der Waals surface area contributed by atoms with Crippen LogP contribution >= 0.6 is 0 Å². The van der Waals surface area contributed by atoms with Crippen LogP contribution in [0.5, 0.6) is 0 Å². The number of aliphatic hydroxyl groups is 1. The highest BCUT2D eigenvalue weighted by Gasteiger charge is 2.46. The molecule has 9 nitrogen and oxygen atoms in total. The van der Waals surface area contributed by atoms with E-state index in [4.69, 9.17) is 0 Å². The Labute approximate surface area is 210 Å². The number of benzene rings is 1. The number of aromatic nitrogens is 3. The van der Waals surface area contributed by atoms with Gasteiger partial charge >= 0.3 is 0 Å². The zero-order chi connectivity index (χ0) is 25.3. The number of amides is 1. The number of pyridine rings is 1. The van der Waals surface area contributed by atoms with E-state index in [0.717, 1.165) is 18.8 Å². The lowest BCUT2D eigenvalue weighted by Crippen LogP contribution is -2.33. The van der Waals surface area contributed by atoms with Gasteiger partial charge in [0.2, 0.25) is 5.95 Å². The Bertz CT molecular complexity index is 1310. The van der Waals surface area contributed by atoms with Crippen LogP contribution in [0, 0.1) is 0 Å². The SMILES string of the molecule is C=CCNC(=O)c1cnc(Nc2ccc3c(c2)CNCC32CC2)nc1Nc1cccc(C(C)(C)O)n1. The first-order chi connectivity index (χ1) is 17.3. The number of carbonyl (C=O) groups is 1. The topological polar surface area (TPSA) is 124 Å². The first-order valence-electron chi connectivity index (χ1n) is 12.1. The van der Waals surface area contributed by atoms with Gasteiger partial charge in [-0.3, -0.25) is 4.79 Å². The van der Waals surface area contributed by atoms with Crippen molar-refractivity contribution >= 4 is 29.2 Å². The molecular weight excluding hydrogens is 454 g/mol. The van der Waals surface area contributed by atoms with Gasteiger partial charge in [0.25, 0.3) is 5.91 Å². The van der Waals surface area contributed by atoms with Gasteiger partial charge in [-0.15, -0.1) is 6.58 Å². The zero-order valence-electron chi connectivity index (χ0n) is 20.6. The summed E-state index contributed by atoms with van der Waals surface area (Å²) in [6.07, 6.45) is 5.55. The van der Waals surface area contributed by atoms with Crippen molar-refractivity contribution in [2.24, 2.45) is 0 Å². The van der Waals surface area contributed by atoms with E-state index in [1.807, 2.05) is 0 Å². The summed E-state index contributed by atoms with van der Waals surface area (Å²) >= 11 is 0. The number of hydrogen-bond acceptors (Lipinski definition) is 8. The van der Waals surface area contributed by atoms with Crippen LogP contribution in [-0.4, -0.2) is 39.1 Å². The maximum Gasteiger partial charge on any atom is 0.256 e. The third kappa shape index (κ3) is 4.93. The zero-order valence-corrected chi connectivity index (χ0v) is 20.6. The summed E-state index contributed by atoms with van der Waals surface area (Å²) in [5, 5.41) is 23.0. The predicted octanol–water partition coefficient (Wildman–Crippen LogP) is 3.64. The van der Waals surface area contributed by atoms with E-state index >= 15 is 0 Å². The van der Waals surface area contributed by atoms with Gasteiger partial charge in [-0.1, -0.05) is 18.2 Å². The second-order valence-electron chi connectivity index (χ2n) is 9.93. The average molecular weight is 486 g/mol. The van der Waals surface area contributed by atoms with Crippen LogP contribution in [0.3, 0.4) is 0 Å². The smallest absolute Gasteiger partial charge is 0.256 e. The Kier molecular flexibility index (Phi) is 6.19. The number of carbonyl (C=O) groups excluding carboxylic acids is 1. The molecule has 1 spiro atoms. The molecule has 0 saturated heterocycles. The van der Waals surface area contributed by atoms with Crippen LogP contribution in [0.1, 0.15) is 53.9 Å². The first-order valence-corrected chi connectivity index (χ1v) is 12.1. The van der Waals surface area contributed by atoms with Gasteiger partial charge in [-0.05, 0) is 62.1 Å². The second kappa shape index (κ2) is 9.33. The largest absolute Gasteiger partial charge is 0.384 e. The lowest BCUT2D eigenvalue weighted by molar-refractivity contribution is 0.0740. The van der Waals surface area contributed by atoms with E-state index in [2.05, 4.69) is 61.0 Å². The summed E-state index contributed by atoms with van der Waals surface area (Å²) in [5.41, 5.74) is 3.56. The van der Waals surface area contributed by atoms with Crippen molar-refractivity contribution in [1.82, 2.24) is 25.6 Å². The van der Waals surface area contributed by atoms with Crippen molar-refractivity contribution in [3.63, 3.8) is 0 Å². The van der Waals surface area contributed by atoms with Crippen LogP contribution in [-0.2, 0) is 17.6 Å². The predicted molar refractivity (Wildman–Crippen MR) is 140 cm³/mol. The van der Waals surface area contributed by atoms with Crippen LogP contribution in [0.25, 0.3) is 0 Å². The summed E-state index contributed by atoms with van der Waals surface area (Å²) in [7, 11) is 0. The van der Waals surface area contributed by atoms with Crippen molar-refractivity contribution in [3.8, 4) is 0 Å². The summed E-state index contributed by atoms with van der Waals surface area (Å²) in [4.78, 5) is 26.2. The summed E-state index contributed by atoms with van der Waals surface area (Å²) in [6.45, 7) is 9.17. The van der Waals surface area contributed by atoms with Gasteiger partial charge in [-0.25, -0.2) is 9.97 Å². The van der Waals surface area contributed by atoms with Gasteiger partial charge in [0.15, 0.2) is 0 Å². The van der Waals surface area contributed by atoms with Crippen molar-refractivity contribution < 1.29 is 9.90 Å². The molecule has 0 bridgehead atoms. The highest BCUT2D eigenvalue weighted by Crippen LogP contribution is 2.50. The monoisotopic (exact) mass is 485 g/mol. The molecule has 0 unspecified atom stereocenters. The molecule has 5 N–H and O–H groups in total. The number of hydrogen-bond donors (Lipinski definition) is 5. The molecule has 36 heavy (non-hydrogen) atoms. The highest BCUT2D eigenvalue weighted by molar-refractivity contribution is 5.99. The molecule has 1 fully saturated rings. The van der Waals surface area contributed by atoms with Gasteiger partial charge in [-0.2, -0.15) is 4.98 Å². The Morgan fingerprint density at radius 2 is 2.06 bits per heavy atom. The molecule has 5 rings (SSSR count). The molecule has 1 aliphatic carbocycles. The van der Waals surface area contributed by atoms with Gasteiger partial charge in [0.1, 0.15) is 22.8 Å². The third-order valence-corrected chi connectivity index (χ3v) is 6.63. The van der Waals surface area contributed by atoms with Gasteiger partial charge in [0.05, 0.1) is 5.69 Å². The molecule has 1 aromatic carbocycles. The standard InChI is InChI=1S/C27H31N7O2/c1-4-12-29-24(35)19-15-30-25(34-23(19)33-22-7-5-6-21(32-22)26(2,3)36)31-18-8-9-20-17(13-18)14-28-16-27(20)10-11-27/h4-9,13,15,28,36H,1,10-12,14,16H2,2-3H3,(H,29,35)(H2,30,31,32,33,34). The Hall–Kier alpha value is -3.82. The molecule has 186 valence electrons. The van der Waals surface area contributed by atoms with E-state index in [1.54, 1.807) is 38.1 Å². The lowest BCUT2D eigenvalue weighted by atomic mass is 9.88. The molecule has 2 aromatic heterocycles. The minimum absolute atomic E-state index is 0.267. The maximum atomic E-state index is 12.8. The molecule has 1 amide bonds. The minimum atomic E-state index is -1.11. The number of nitrogens with one attached hydrogen (secondary N) is 4. The minimum Gasteiger partial charge on any atom is -0.384 e. The second-order valence-corrected chi connectivity index (χ2v) is 9.93. The Balaban J connectivity index is 1.44. The fourth-order valence-corrected chi connectivity index (χ4v) is 4.52. The fraction of sp³-hybridized carbons (Fsp3) is 0.333. The van der Waals surface area contributed by atoms with Gasteiger partial charge < -0.3 is 26.4 Å². The van der Waals surface area contributed by atoms with Crippen LogP contribution in [0.4, 0.5) is 23.3 Å². The van der Waals surface area contributed by atoms with E-state index < -0.39 is 5.60 Å². The maximum absolute atomic E-state index is 12.8. The molecule has 2 aliphatic rings. The van der Waals surface area contributed by atoms with Crippen molar-refractivity contribution in [3.05, 3.63) is 77.6 Å². The number of fused-ring (bicyclic) bond motifs is 2. The number of nitrogens with zero attached hydrogens (tertiary/aromatic N) is 3.